The van der Waals surface area contributed by atoms with Gasteiger partial charge in [0, 0.05) is 32.8 Å². The van der Waals surface area contributed by atoms with Crippen LogP contribution in [0.3, 0.4) is 0 Å². The third-order valence-electron chi connectivity index (χ3n) is 3.57. The minimum absolute atomic E-state index is 0.0272. The maximum atomic E-state index is 11.7. The smallest absolute Gasteiger partial charge is 0.262 e. The first-order chi connectivity index (χ1) is 12.5. The fraction of sp³-hybridized carbons (Fsp3) is 0.167. The number of hydrogen-bond acceptors (Lipinski definition) is 5. The number of hydrogen-bond donors (Lipinski definition) is 1. The Morgan fingerprint density at radius 1 is 1.15 bits per heavy atom. The number of primary amides is 1. The third kappa shape index (κ3) is 4.04. The van der Waals surface area contributed by atoms with Crippen molar-refractivity contribution in [3.05, 3.63) is 56.9 Å². The summed E-state index contributed by atoms with van der Waals surface area (Å²) in [4.78, 5) is 12.0. The van der Waals surface area contributed by atoms with Gasteiger partial charge in [-0.15, -0.1) is 11.3 Å². The van der Waals surface area contributed by atoms with Gasteiger partial charge in [-0.25, -0.2) is 0 Å². The van der Waals surface area contributed by atoms with E-state index < -0.39 is 5.91 Å². The Labute approximate surface area is 164 Å². The lowest BCUT2D eigenvalue weighted by atomic mass is 10.2. The zero-order valence-electron chi connectivity index (χ0n) is 13.8. The lowest BCUT2D eigenvalue weighted by molar-refractivity contribution is 0.0517. The number of fused-ring (bicyclic) bond motifs is 1. The molecule has 1 amide bonds. The third-order valence-corrected chi connectivity index (χ3v) is 5.31. The standard InChI is InChI=1S/C18H15Cl2NO4S/c1-23-9-25-16-13-5-4-12(7-15(13)26-17(16)18(21)22)24-8-10-2-3-11(19)6-14(10)20/h2-7H,8-9H2,1H3,(H2,21,22). The van der Waals surface area contributed by atoms with E-state index in [0.717, 1.165) is 15.6 Å². The number of thiophene rings is 1. The minimum atomic E-state index is -0.548. The van der Waals surface area contributed by atoms with Crippen LogP contribution in [-0.2, 0) is 11.3 Å². The zero-order valence-corrected chi connectivity index (χ0v) is 16.1. The number of rotatable bonds is 7. The second kappa shape index (κ2) is 8.14. The summed E-state index contributed by atoms with van der Waals surface area (Å²) in [6.45, 7) is 0.321. The molecule has 0 radical (unpaired) electrons. The fourth-order valence-electron chi connectivity index (χ4n) is 2.37. The summed E-state index contributed by atoms with van der Waals surface area (Å²) >= 11 is 13.3. The molecule has 2 aromatic carbocycles. The number of halogens is 2. The second-order valence-corrected chi connectivity index (χ2v) is 7.25. The highest BCUT2D eigenvalue weighted by Gasteiger charge is 2.18. The van der Waals surface area contributed by atoms with Crippen molar-refractivity contribution in [2.75, 3.05) is 13.9 Å². The first-order valence-corrected chi connectivity index (χ1v) is 9.11. The average Bonchev–Trinajstić information content (AvgIpc) is 2.97. The van der Waals surface area contributed by atoms with Gasteiger partial charge in [-0.3, -0.25) is 4.79 Å². The Balaban J connectivity index is 1.85. The van der Waals surface area contributed by atoms with Gasteiger partial charge in [-0.2, -0.15) is 0 Å². The van der Waals surface area contributed by atoms with Gasteiger partial charge in [0.2, 0.25) is 0 Å². The number of ether oxygens (including phenoxy) is 3. The number of amides is 1. The van der Waals surface area contributed by atoms with Crippen molar-refractivity contribution >= 4 is 50.5 Å². The Kier molecular flexibility index (Phi) is 5.88. The summed E-state index contributed by atoms with van der Waals surface area (Å²) in [7, 11) is 1.51. The van der Waals surface area contributed by atoms with Crippen LogP contribution in [-0.4, -0.2) is 19.8 Å². The largest absolute Gasteiger partial charge is 0.489 e. The van der Waals surface area contributed by atoms with Crippen LogP contribution in [0.25, 0.3) is 10.1 Å². The van der Waals surface area contributed by atoms with Crippen LogP contribution in [0, 0.1) is 0 Å². The molecule has 5 nitrogen and oxygen atoms in total. The molecular weight excluding hydrogens is 397 g/mol. The number of carbonyl (C=O) groups excluding carboxylic acids is 1. The molecule has 0 saturated carbocycles. The van der Waals surface area contributed by atoms with Gasteiger partial charge in [-0.1, -0.05) is 29.3 Å². The highest BCUT2D eigenvalue weighted by molar-refractivity contribution is 7.21. The van der Waals surface area contributed by atoms with Gasteiger partial charge < -0.3 is 19.9 Å². The minimum Gasteiger partial charge on any atom is -0.489 e. The van der Waals surface area contributed by atoms with Crippen LogP contribution in [0.4, 0.5) is 0 Å². The molecule has 2 N–H and O–H groups in total. The molecule has 0 atom stereocenters. The quantitative estimate of drug-likeness (QED) is 0.562. The molecule has 8 heteroatoms. The monoisotopic (exact) mass is 411 g/mol. The normalized spacial score (nSPS) is 10.9. The predicted molar refractivity (Wildman–Crippen MR) is 104 cm³/mol. The van der Waals surface area contributed by atoms with E-state index in [1.807, 2.05) is 18.2 Å². The first-order valence-electron chi connectivity index (χ1n) is 7.54. The average molecular weight is 412 g/mol. The SMILES string of the molecule is COCOc1c(C(N)=O)sc2cc(OCc3ccc(Cl)cc3Cl)ccc12. The molecule has 0 fully saturated rings. The van der Waals surface area contributed by atoms with Gasteiger partial charge >= 0.3 is 0 Å². The molecule has 0 unspecified atom stereocenters. The molecule has 136 valence electrons. The summed E-state index contributed by atoms with van der Waals surface area (Å²) < 4.78 is 17.1. The summed E-state index contributed by atoms with van der Waals surface area (Å²) in [6, 6.07) is 10.7. The van der Waals surface area contributed by atoms with Crippen LogP contribution < -0.4 is 15.2 Å². The Hall–Kier alpha value is -1.99. The molecule has 0 bridgehead atoms. The maximum absolute atomic E-state index is 11.7. The van der Waals surface area contributed by atoms with Crippen LogP contribution >= 0.6 is 34.5 Å². The molecule has 0 spiro atoms. The van der Waals surface area contributed by atoms with Crippen molar-refractivity contribution in [1.82, 2.24) is 0 Å². The molecule has 26 heavy (non-hydrogen) atoms. The fourth-order valence-corrected chi connectivity index (χ4v) is 3.86. The second-order valence-electron chi connectivity index (χ2n) is 5.36. The topological polar surface area (TPSA) is 70.8 Å². The molecule has 0 aliphatic heterocycles. The van der Waals surface area contributed by atoms with Gasteiger partial charge in [0.25, 0.3) is 5.91 Å². The molecule has 3 aromatic rings. The molecule has 0 aliphatic rings. The Bertz CT molecular complexity index is 958. The molecule has 3 rings (SSSR count). The highest BCUT2D eigenvalue weighted by atomic mass is 35.5. The summed E-state index contributed by atoms with van der Waals surface area (Å²) in [5, 5.41) is 1.89. The first kappa shape index (κ1) is 18.8. The van der Waals surface area contributed by atoms with Crippen LogP contribution in [0.1, 0.15) is 15.2 Å². The van der Waals surface area contributed by atoms with E-state index in [0.29, 0.717) is 33.0 Å². The van der Waals surface area contributed by atoms with E-state index >= 15 is 0 Å². The lowest BCUT2D eigenvalue weighted by Crippen LogP contribution is -2.11. The number of nitrogens with two attached hydrogens (primary N) is 1. The van der Waals surface area contributed by atoms with E-state index in [4.69, 9.17) is 43.1 Å². The van der Waals surface area contributed by atoms with E-state index in [1.54, 1.807) is 18.2 Å². The summed E-state index contributed by atoms with van der Waals surface area (Å²) in [6.07, 6.45) is 0. The lowest BCUT2D eigenvalue weighted by Gasteiger charge is -2.09. The van der Waals surface area contributed by atoms with Crippen molar-refractivity contribution in [3.8, 4) is 11.5 Å². The van der Waals surface area contributed by atoms with Crippen molar-refractivity contribution in [2.45, 2.75) is 6.61 Å². The Morgan fingerprint density at radius 3 is 2.65 bits per heavy atom. The Morgan fingerprint density at radius 2 is 1.96 bits per heavy atom. The molecule has 0 saturated heterocycles. The number of carbonyl (C=O) groups is 1. The highest BCUT2D eigenvalue weighted by Crippen LogP contribution is 2.39. The number of benzene rings is 2. The van der Waals surface area contributed by atoms with E-state index in [-0.39, 0.29) is 6.79 Å². The summed E-state index contributed by atoms with van der Waals surface area (Å²) in [5.41, 5.74) is 6.27. The van der Waals surface area contributed by atoms with Crippen LogP contribution in [0.5, 0.6) is 11.5 Å². The van der Waals surface area contributed by atoms with Gasteiger partial charge in [0.05, 0.1) is 0 Å². The van der Waals surface area contributed by atoms with Gasteiger partial charge in [0.15, 0.2) is 12.5 Å². The van der Waals surface area contributed by atoms with E-state index in [9.17, 15) is 4.79 Å². The van der Waals surface area contributed by atoms with Gasteiger partial charge in [0.1, 0.15) is 17.2 Å². The van der Waals surface area contributed by atoms with E-state index in [2.05, 4.69) is 0 Å². The maximum Gasteiger partial charge on any atom is 0.262 e. The van der Waals surface area contributed by atoms with Crippen molar-refractivity contribution in [2.24, 2.45) is 5.73 Å². The molecule has 1 heterocycles. The van der Waals surface area contributed by atoms with Gasteiger partial charge in [-0.05, 0) is 30.3 Å². The number of methoxy groups -OCH3 is 1. The van der Waals surface area contributed by atoms with Crippen LogP contribution in [0.15, 0.2) is 36.4 Å². The van der Waals surface area contributed by atoms with Crippen molar-refractivity contribution in [1.29, 1.82) is 0 Å². The molecule has 1 aromatic heterocycles. The summed E-state index contributed by atoms with van der Waals surface area (Å²) in [5.74, 6) is 0.512. The molecular formula is C18H15Cl2NO4S. The van der Waals surface area contributed by atoms with Crippen molar-refractivity contribution in [3.63, 3.8) is 0 Å². The van der Waals surface area contributed by atoms with E-state index in [1.165, 1.54) is 18.4 Å². The predicted octanol–water partition coefficient (Wildman–Crippen LogP) is 4.87. The zero-order chi connectivity index (χ0) is 18.7. The van der Waals surface area contributed by atoms with Crippen molar-refractivity contribution < 1.29 is 19.0 Å². The molecule has 0 aliphatic carbocycles. The van der Waals surface area contributed by atoms with Crippen LogP contribution in [0.2, 0.25) is 10.0 Å².